The van der Waals surface area contributed by atoms with Gasteiger partial charge in [0, 0.05) is 12.6 Å². The summed E-state index contributed by atoms with van der Waals surface area (Å²) in [6.45, 7) is 4.74. The standard InChI is InChI=1S/C15H24N2O/c1-12(7-9-16)17(2)11-15-14-6-4-3-5-13(14)8-10-18-15/h3-6,12,15H,7-11,16H2,1-2H3. The normalized spacial score (nSPS) is 20.8. The van der Waals surface area contributed by atoms with Gasteiger partial charge in [-0.2, -0.15) is 0 Å². The van der Waals surface area contributed by atoms with Crippen molar-refractivity contribution in [2.45, 2.75) is 31.9 Å². The van der Waals surface area contributed by atoms with E-state index in [2.05, 4.69) is 43.1 Å². The maximum absolute atomic E-state index is 5.93. The lowest BCUT2D eigenvalue weighted by atomic mass is 9.97. The van der Waals surface area contributed by atoms with Gasteiger partial charge in [-0.25, -0.2) is 0 Å². The molecule has 2 atom stereocenters. The highest BCUT2D eigenvalue weighted by Gasteiger charge is 2.23. The fraction of sp³-hybridized carbons (Fsp3) is 0.600. The number of rotatable bonds is 5. The van der Waals surface area contributed by atoms with Crippen molar-refractivity contribution in [1.82, 2.24) is 4.90 Å². The lowest BCUT2D eigenvalue weighted by Gasteiger charge is -2.32. The van der Waals surface area contributed by atoms with E-state index in [0.29, 0.717) is 6.04 Å². The van der Waals surface area contributed by atoms with E-state index in [1.165, 1.54) is 11.1 Å². The summed E-state index contributed by atoms with van der Waals surface area (Å²) in [5, 5.41) is 0. The van der Waals surface area contributed by atoms with Crippen LogP contribution in [0.5, 0.6) is 0 Å². The highest BCUT2D eigenvalue weighted by Crippen LogP contribution is 2.27. The van der Waals surface area contributed by atoms with Crippen LogP contribution >= 0.6 is 0 Å². The molecule has 0 fully saturated rings. The van der Waals surface area contributed by atoms with Crippen molar-refractivity contribution in [2.75, 3.05) is 26.7 Å². The SMILES string of the molecule is CC(CCN)N(C)CC1OCCc2ccccc21. The molecule has 1 aromatic rings. The second kappa shape index (κ2) is 6.32. The zero-order valence-corrected chi connectivity index (χ0v) is 11.4. The van der Waals surface area contributed by atoms with E-state index < -0.39 is 0 Å². The van der Waals surface area contributed by atoms with Crippen LogP contribution in [0.25, 0.3) is 0 Å². The van der Waals surface area contributed by atoms with E-state index in [1.54, 1.807) is 0 Å². The van der Waals surface area contributed by atoms with Crippen molar-refractivity contribution >= 4 is 0 Å². The zero-order valence-electron chi connectivity index (χ0n) is 11.4. The first-order chi connectivity index (χ1) is 8.72. The Bertz CT molecular complexity index is 381. The van der Waals surface area contributed by atoms with Crippen molar-refractivity contribution < 1.29 is 4.74 Å². The quantitative estimate of drug-likeness (QED) is 0.866. The smallest absolute Gasteiger partial charge is 0.0954 e. The molecule has 1 heterocycles. The Hall–Kier alpha value is -0.900. The van der Waals surface area contributed by atoms with Gasteiger partial charge in [0.15, 0.2) is 0 Å². The highest BCUT2D eigenvalue weighted by molar-refractivity contribution is 5.31. The number of nitrogens with zero attached hydrogens (tertiary/aromatic N) is 1. The number of likely N-dealkylation sites (N-methyl/N-ethyl adjacent to an activating group) is 1. The Morgan fingerprint density at radius 1 is 1.44 bits per heavy atom. The van der Waals surface area contributed by atoms with Gasteiger partial charge in [0.05, 0.1) is 12.7 Å². The van der Waals surface area contributed by atoms with E-state index in [9.17, 15) is 0 Å². The molecule has 0 spiro atoms. The summed E-state index contributed by atoms with van der Waals surface area (Å²) in [6.07, 6.45) is 2.28. The molecule has 0 aromatic heterocycles. The van der Waals surface area contributed by atoms with Crippen molar-refractivity contribution in [3.8, 4) is 0 Å². The third-order valence-electron chi connectivity index (χ3n) is 3.88. The fourth-order valence-corrected chi connectivity index (χ4v) is 2.53. The monoisotopic (exact) mass is 248 g/mol. The molecule has 0 bridgehead atoms. The molecule has 100 valence electrons. The minimum atomic E-state index is 0.208. The molecule has 3 heteroatoms. The zero-order chi connectivity index (χ0) is 13.0. The van der Waals surface area contributed by atoms with Crippen LogP contribution in [0.4, 0.5) is 0 Å². The molecular weight excluding hydrogens is 224 g/mol. The molecular formula is C15H24N2O. The summed E-state index contributed by atoms with van der Waals surface area (Å²) < 4.78 is 5.93. The van der Waals surface area contributed by atoms with Crippen molar-refractivity contribution in [3.63, 3.8) is 0 Å². The molecule has 0 amide bonds. The number of hydrogen-bond donors (Lipinski definition) is 1. The predicted molar refractivity (Wildman–Crippen MR) is 74.6 cm³/mol. The first-order valence-corrected chi connectivity index (χ1v) is 6.82. The third-order valence-corrected chi connectivity index (χ3v) is 3.88. The van der Waals surface area contributed by atoms with Gasteiger partial charge in [-0.1, -0.05) is 24.3 Å². The van der Waals surface area contributed by atoms with E-state index >= 15 is 0 Å². The van der Waals surface area contributed by atoms with E-state index in [4.69, 9.17) is 10.5 Å². The lowest BCUT2D eigenvalue weighted by molar-refractivity contribution is 0.0137. The van der Waals surface area contributed by atoms with Crippen LogP contribution < -0.4 is 5.73 Å². The van der Waals surface area contributed by atoms with E-state index in [1.807, 2.05) is 0 Å². The van der Waals surface area contributed by atoms with Gasteiger partial charge in [-0.3, -0.25) is 0 Å². The van der Waals surface area contributed by atoms with Gasteiger partial charge in [0.2, 0.25) is 0 Å². The number of hydrogen-bond acceptors (Lipinski definition) is 3. The maximum Gasteiger partial charge on any atom is 0.0954 e. The summed E-state index contributed by atoms with van der Waals surface area (Å²) >= 11 is 0. The Labute approximate surface area is 110 Å². The summed E-state index contributed by atoms with van der Waals surface area (Å²) in [6, 6.07) is 9.13. The van der Waals surface area contributed by atoms with Crippen LogP contribution in [0.1, 0.15) is 30.6 Å². The van der Waals surface area contributed by atoms with Gasteiger partial charge in [0.25, 0.3) is 0 Å². The summed E-state index contributed by atoms with van der Waals surface area (Å²) in [5.41, 5.74) is 8.41. The molecule has 0 saturated heterocycles. The minimum Gasteiger partial charge on any atom is -0.372 e. The summed E-state index contributed by atoms with van der Waals surface area (Å²) in [5.74, 6) is 0. The molecule has 2 unspecified atom stereocenters. The van der Waals surface area contributed by atoms with Crippen molar-refractivity contribution in [3.05, 3.63) is 35.4 Å². The first kappa shape index (κ1) is 13.5. The van der Waals surface area contributed by atoms with E-state index in [-0.39, 0.29) is 6.10 Å². The Kier molecular flexibility index (Phi) is 4.75. The molecule has 2 N–H and O–H groups in total. The van der Waals surface area contributed by atoms with Crippen LogP contribution in [-0.4, -0.2) is 37.7 Å². The van der Waals surface area contributed by atoms with Gasteiger partial charge in [-0.15, -0.1) is 0 Å². The van der Waals surface area contributed by atoms with Crippen LogP contribution in [-0.2, 0) is 11.2 Å². The summed E-state index contributed by atoms with van der Waals surface area (Å²) in [4.78, 5) is 2.35. The van der Waals surface area contributed by atoms with Gasteiger partial charge in [0.1, 0.15) is 0 Å². The minimum absolute atomic E-state index is 0.208. The molecule has 0 saturated carbocycles. The number of ether oxygens (including phenoxy) is 1. The van der Waals surface area contributed by atoms with Crippen molar-refractivity contribution in [2.24, 2.45) is 5.73 Å². The van der Waals surface area contributed by atoms with Crippen LogP contribution in [0.2, 0.25) is 0 Å². The first-order valence-electron chi connectivity index (χ1n) is 6.82. The molecule has 3 nitrogen and oxygen atoms in total. The second-order valence-electron chi connectivity index (χ2n) is 5.17. The average Bonchev–Trinajstić information content (AvgIpc) is 2.39. The van der Waals surface area contributed by atoms with Crippen LogP contribution in [0.15, 0.2) is 24.3 Å². The van der Waals surface area contributed by atoms with E-state index in [0.717, 1.165) is 32.5 Å². The molecule has 0 radical (unpaired) electrons. The number of fused-ring (bicyclic) bond motifs is 1. The number of nitrogens with two attached hydrogens (primary N) is 1. The van der Waals surface area contributed by atoms with Crippen LogP contribution in [0, 0.1) is 0 Å². The molecule has 18 heavy (non-hydrogen) atoms. The topological polar surface area (TPSA) is 38.5 Å². The lowest BCUT2D eigenvalue weighted by Crippen LogP contribution is -2.36. The second-order valence-corrected chi connectivity index (χ2v) is 5.17. The largest absolute Gasteiger partial charge is 0.372 e. The average molecular weight is 248 g/mol. The Morgan fingerprint density at radius 2 is 2.22 bits per heavy atom. The van der Waals surface area contributed by atoms with Gasteiger partial charge in [-0.05, 0) is 44.5 Å². The molecule has 1 aromatic carbocycles. The Morgan fingerprint density at radius 3 is 3.00 bits per heavy atom. The van der Waals surface area contributed by atoms with Gasteiger partial charge < -0.3 is 15.4 Å². The summed E-state index contributed by atoms with van der Waals surface area (Å²) in [7, 11) is 2.15. The molecule has 2 rings (SSSR count). The van der Waals surface area contributed by atoms with Gasteiger partial charge >= 0.3 is 0 Å². The third kappa shape index (κ3) is 3.10. The molecule has 1 aliphatic rings. The van der Waals surface area contributed by atoms with Crippen LogP contribution in [0.3, 0.4) is 0 Å². The highest BCUT2D eigenvalue weighted by atomic mass is 16.5. The predicted octanol–water partition coefficient (Wildman–Crippen LogP) is 1.97. The fourth-order valence-electron chi connectivity index (χ4n) is 2.53. The molecule has 1 aliphatic heterocycles. The molecule has 0 aliphatic carbocycles. The Balaban J connectivity index is 2.02. The van der Waals surface area contributed by atoms with Crippen molar-refractivity contribution in [1.29, 1.82) is 0 Å². The number of benzene rings is 1. The maximum atomic E-state index is 5.93.